The van der Waals surface area contributed by atoms with Crippen molar-refractivity contribution in [3.05, 3.63) is 163 Å². The summed E-state index contributed by atoms with van der Waals surface area (Å²) >= 11 is 5.14. The molecule has 0 fully saturated rings. The van der Waals surface area contributed by atoms with Crippen molar-refractivity contribution in [2.24, 2.45) is 0 Å². The van der Waals surface area contributed by atoms with Crippen LogP contribution in [0.1, 0.15) is 11.1 Å². The van der Waals surface area contributed by atoms with E-state index in [0.717, 1.165) is 48.3 Å². The van der Waals surface area contributed by atoms with E-state index in [9.17, 15) is 0 Å². The van der Waals surface area contributed by atoms with Gasteiger partial charge in [0.05, 0.1) is 16.6 Å². The fourth-order valence-electron chi connectivity index (χ4n) is 4.90. The molecule has 0 aliphatic rings. The number of aromatic nitrogens is 3. The Bertz CT molecular complexity index is 2200. The van der Waals surface area contributed by atoms with Crippen molar-refractivity contribution >= 4 is 64.7 Å². The van der Waals surface area contributed by atoms with Crippen LogP contribution in [0.15, 0.2) is 133 Å². The smallest absolute Gasteiger partial charge is 0.285 e. The van der Waals surface area contributed by atoms with Gasteiger partial charge in [0.1, 0.15) is 0 Å². The summed E-state index contributed by atoms with van der Waals surface area (Å²) in [6.07, 6.45) is 0. The molecule has 9 aromatic rings. The van der Waals surface area contributed by atoms with Crippen LogP contribution in [0.2, 0.25) is 0 Å². The maximum Gasteiger partial charge on any atom is 3.00 e. The van der Waals surface area contributed by atoms with Gasteiger partial charge in [0.15, 0.2) is 0 Å². The number of hydrogen-bond donors (Lipinski definition) is 0. The third-order valence-electron chi connectivity index (χ3n) is 7.20. The molecule has 0 saturated carbocycles. The molecule has 0 saturated heterocycles. The summed E-state index contributed by atoms with van der Waals surface area (Å²) in [5, 5.41) is 3.13. The van der Waals surface area contributed by atoms with Crippen LogP contribution in [0.4, 0.5) is 0 Å². The van der Waals surface area contributed by atoms with Gasteiger partial charge in [-0.25, -0.2) is 0 Å². The van der Waals surface area contributed by atoms with Crippen molar-refractivity contribution in [2.45, 2.75) is 13.8 Å². The maximum absolute atomic E-state index is 4.61. The molecule has 0 unspecified atom stereocenters. The number of fused-ring (bicyclic) bond motifs is 3. The van der Waals surface area contributed by atoms with Gasteiger partial charge in [0.2, 0.25) is 0 Å². The zero-order valence-corrected chi connectivity index (χ0v) is 30.9. The van der Waals surface area contributed by atoms with Gasteiger partial charge < -0.3 is 0 Å². The summed E-state index contributed by atoms with van der Waals surface area (Å²) < 4.78 is 3.68. The van der Waals surface area contributed by atoms with Crippen molar-refractivity contribution in [1.82, 2.24) is 15.0 Å². The molecule has 3 heterocycles. The van der Waals surface area contributed by atoms with E-state index < -0.39 is 0 Å². The van der Waals surface area contributed by atoms with Crippen LogP contribution >= 0.6 is 34.0 Å². The van der Waals surface area contributed by atoms with E-state index in [4.69, 9.17) is 0 Å². The standard InChI is InChI=1S/2C14H10NS.C13H8NS.Ir/c2*1-10-5-4-6-11(9-10)14-15-12-7-2-3-8-13(12)16-14;1-2-6-10(7-3-1)13-14-11-8-4-5-9-12(11)15-13;/h2*2-5,7-9H,1H3;1-6,8-9H;/q3*-1;+3. The Labute approximate surface area is 306 Å². The van der Waals surface area contributed by atoms with E-state index in [1.165, 1.54) is 25.2 Å². The van der Waals surface area contributed by atoms with Crippen LogP contribution in [-0.4, -0.2) is 15.0 Å². The number of rotatable bonds is 3. The van der Waals surface area contributed by atoms with Crippen LogP contribution in [-0.2, 0) is 20.1 Å². The van der Waals surface area contributed by atoms with Crippen LogP contribution < -0.4 is 0 Å². The second-order valence-electron chi connectivity index (χ2n) is 10.8. The van der Waals surface area contributed by atoms with Crippen molar-refractivity contribution in [3.63, 3.8) is 0 Å². The van der Waals surface area contributed by atoms with Crippen molar-refractivity contribution < 1.29 is 20.1 Å². The zero-order valence-electron chi connectivity index (χ0n) is 26.1. The number of hydrogen-bond acceptors (Lipinski definition) is 6. The Morgan fingerprint density at radius 1 is 0.417 bits per heavy atom. The van der Waals surface area contributed by atoms with Gasteiger partial charge in [-0.3, -0.25) is 15.0 Å². The molecule has 6 aromatic carbocycles. The first-order chi connectivity index (χ1) is 23.1. The monoisotopic (exact) mass is 851 g/mol. The molecule has 3 aromatic heterocycles. The summed E-state index contributed by atoms with van der Waals surface area (Å²) in [6.45, 7) is 4.18. The first-order valence-electron chi connectivity index (χ1n) is 15.1. The average Bonchev–Trinajstić information content (AvgIpc) is 3.86. The number of nitrogens with zero attached hydrogens (tertiary/aromatic N) is 3. The van der Waals surface area contributed by atoms with Gasteiger partial charge in [-0.1, -0.05) is 50.2 Å². The van der Waals surface area contributed by atoms with E-state index in [0.29, 0.717) is 0 Å². The molecule has 0 N–H and O–H groups in total. The number of para-hydroxylation sites is 3. The SMILES string of the molecule is Cc1cc[c-]c(-c2nc3ccccc3s2)c1.Cc1cc[c-]c(-c2nc3ccccc3s2)c1.[Ir+3].[c-]1ccccc1-c1nc2ccccc2s1. The molecule has 7 heteroatoms. The summed E-state index contributed by atoms with van der Waals surface area (Å²) in [7, 11) is 0. The molecule has 0 amide bonds. The molecule has 0 atom stereocenters. The number of aryl methyl sites for hydroxylation is 2. The zero-order chi connectivity index (χ0) is 32.0. The van der Waals surface area contributed by atoms with Crippen molar-refractivity contribution in [1.29, 1.82) is 0 Å². The van der Waals surface area contributed by atoms with Crippen molar-refractivity contribution in [3.8, 4) is 31.7 Å². The Hall–Kier alpha value is -4.36. The molecule has 48 heavy (non-hydrogen) atoms. The van der Waals surface area contributed by atoms with E-state index in [-0.39, 0.29) is 20.1 Å². The summed E-state index contributed by atoms with van der Waals surface area (Å²) in [6, 6.07) is 54.5. The molecule has 0 spiro atoms. The fourth-order valence-corrected chi connectivity index (χ4v) is 7.74. The first-order valence-corrected chi connectivity index (χ1v) is 17.6. The van der Waals surface area contributed by atoms with E-state index in [1.54, 1.807) is 34.0 Å². The summed E-state index contributed by atoms with van der Waals surface area (Å²) in [4.78, 5) is 13.8. The second-order valence-corrected chi connectivity index (χ2v) is 13.9. The van der Waals surface area contributed by atoms with E-state index in [1.807, 2.05) is 91.0 Å². The molecular weight excluding hydrogens is 823 g/mol. The van der Waals surface area contributed by atoms with E-state index in [2.05, 4.69) is 89.5 Å². The molecule has 3 nitrogen and oxygen atoms in total. The maximum atomic E-state index is 4.61. The first kappa shape index (κ1) is 33.5. The van der Waals surface area contributed by atoms with Crippen LogP contribution in [0.25, 0.3) is 62.4 Å². The average molecular weight is 851 g/mol. The Morgan fingerprint density at radius 3 is 1.17 bits per heavy atom. The minimum absolute atomic E-state index is 0. The predicted octanol–water partition coefficient (Wildman–Crippen LogP) is 11.9. The number of benzene rings is 6. The second kappa shape index (κ2) is 15.7. The third-order valence-corrected chi connectivity index (χ3v) is 10.4. The third kappa shape index (κ3) is 8.01. The van der Waals surface area contributed by atoms with Crippen LogP contribution in [0, 0.1) is 32.0 Å². The molecular formula is C41H28IrN3S3. The van der Waals surface area contributed by atoms with Crippen molar-refractivity contribution in [2.75, 3.05) is 0 Å². The van der Waals surface area contributed by atoms with E-state index >= 15 is 0 Å². The summed E-state index contributed by atoms with van der Waals surface area (Å²) in [5.74, 6) is 0. The molecule has 234 valence electrons. The molecule has 0 aliphatic carbocycles. The molecule has 0 bridgehead atoms. The largest absolute Gasteiger partial charge is 3.00 e. The Balaban J connectivity index is 0.000000124. The van der Waals surface area contributed by atoms with Gasteiger partial charge in [-0.05, 0) is 36.4 Å². The van der Waals surface area contributed by atoms with Gasteiger partial charge in [-0.2, -0.15) is 34.0 Å². The van der Waals surface area contributed by atoms with Gasteiger partial charge in [0, 0.05) is 29.1 Å². The minimum atomic E-state index is 0. The fraction of sp³-hybridized carbons (Fsp3) is 0.0488. The van der Waals surface area contributed by atoms with Gasteiger partial charge >= 0.3 is 20.1 Å². The van der Waals surface area contributed by atoms with Gasteiger partial charge in [0.25, 0.3) is 0 Å². The summed E-state index contributed by atoms with van der Waals surface area (Å²) in [5.41, 5.74) is 8.92. The Kier molecular flexibility index (Phi) is 11.0. The molecule has 0 aliphatic heterocycles. The predicted molar refractivity (Wildman–Crippen MR) is 201 cm³/mol. The quantitative estimate of drug-likeness (QED) is 0.166. The topological polar surface area (TPSA) is 38.7 Å². The van der Waals surface area contributed by atoms with Crippen LogP contribution in [0.5, 0.6) is 0 Å². The van der Waals surface area contributed by atoms with Gasteiger partial charge in [-0.15, -0.1) is 107 Å². The minimum Gasteiger partial charge on any atom is -0.285 e. The Morgan fingerprint density at radius 2 is 0.792 bits per heavy atom. The molecule has 0 radical (unpaired) electrons. The van der Waals surface area contributed by atoms with Crippen LogP contribution in [0.3, 0.4) is 0 Å². The normalized spacial score (nSPS) is 10.5. The number of thiazole rings is 3. The molecule has 9 rings (SSSR count).